The minimum absolute atomic E-state index is 0.112. The van der Waals surface area contributed by atoms with Gasteiger partial charge in [-0.05, 0) is 44.6 Å². The number of aliphatic hydroxyl groups is 2. The highest BCUT2D eigenvalue weighted by Gasteiger charge is 2.25. The number of rotatable bonds is 8. The van der Waals surface area contributed by atoms with Gasteiger partial charge in [-0.15, -0.1) is 0 Å². The molecule has 2 heterocycles. The zero-order valence-electron chi connectivity index (χ0n) is 17.5. The summed E-state index contributed by atoms with van der Waals surface area (Å²) in [7, 11) is 1.58. The van der Waals surface area contributed by atoms with E-state index in [-0.39, 0.29) is 19.3 Å². The Labute approximate surface area is 177 Å². The van der Waals surface area contributed by atoms with Gasteiger partial charge in [0.2, 0.25) is 11.8 Å². The van der Waals surface area contributed by atoms with Crippen LogP contribution in [0, 0.1) is 24.7 Å². The lowest BCUT2D eigenvalue weighted by Crippen LogP contribution is -2.20. The van der Waals surface area contributed by atoms with E-state index < -0.39 is 0 Å². The molecule has 2 aromatic rings. The number of ether oxygens (including phenoxy) is 1. The molecule has 2 aromatic heterocycles. The summed E-state index contributed by atoms with van der Waals surface area (Å²) < 4.78 is 5.09. The van der Waals surface area contributed by atoms with Gasteiger partial charge in [0.05, 0.1) is 18.4 Å². The minimum Gasteiger partial charge on any atom is -0.481 e. The van der Waals surface area contributed by atoms with E-state index in [0.29, 0.717) is 36.5 Å². The van der Waals surface area contributed by atoms with Gasteiger partial charge in [0.15, 0.2) is 0 Å². The maximum atomic E-state index is 9.44. The standard InChI is InChI=1S/C22H29N5O3/c1-15-19(8-5-16-6-9-20(30-2)24-13-16)21(26-18-7-4-17(12-18)14-29)27-22(25-15)23-10-3-11-28/h6,9,13,17-18,28-29H,3-4,7,10-12,14H2,1-2H3,(H2,23,25,26,27)/t17?,18-/m0/s1. The van der Waals surface area contributed by atoms with Gasteiger partial charge in [-0.3, -0.25) is 0 Å². The van der Waals surface area contributed by atoms with Crippen molar-refractivity contribution < 1.29 is 14.9 Å². The molecule has 0 amide bonds. The third-order valence-corrected chi connectivity index (χ3v) is 5.13. The van der Waals surface area contributed by atoms with Crippen LogP contribution in [0.15, 0.2) is 18.3 Å². The largest absolute Gasteiger partial charge is 0.481 e. The number of hydrogen-bond acceptors (Lipinski definition) is 8. The molecule has 0 bridgehead atoms. The lowest BCUT2D eigenvalue weighted by Gasteiger charge is -2.17. The number of aliphatic hydroxyl groups excluding tert-OH is 2. The molecule has 0 aliphatic heterocycles. The SMILES string of the molecule is COc1ccc(C#Cc2c(C)nc(NCCCO)nc2N[C@H]2CCC(CO)C2)cn1. The van der Waals surface area contributed by atoms with E-state index in [0.717, 1.165) is 36.1 Å². The molecule has 3 rings (SSSR count). The monoisotopic (exact) mass is 411 g/mol. The number of hydrogen-bond donors (Lipinski definition) is 4. The Bertz CT molecular complexity index is 892. The van der Waals surface area contributed by atoms with E-state index >= 15 is 0 Å². The quantitative estimate of drug-likeness (QED) is 0.385. The Morgan fingerprint density at radius 1 is 1.20 bits per heavy atom. The average Bonchev–Trinajstić information content (AvgIpc) is 3.21. The summed E-state index contributed by atoms with van der Waals surface area (Å²) in [4.78, 5) is 13.4. The molecule has 4 N–H and O–H groups in total. The molecule has 1 saturated carbocycles. The van der Waals surface area contributed by atoms with E-state index in [1.54, 1.807) is 19.4 Å². The summed E-state index contributed by atoms with van der Waals surface area (Å²) in [5, 5.41) is 25.1. The van der Waals surface area contributed by atoms with Crippen LogP contribution in [0.3, 0.4) is 0 Å². The summed E-state index contributed by atoms with van der Waals surface area (Å²) in [6, 6.07) is 3.87. The second kappa shape index (κ2) is 10.8. The van der Waals surface area contributed by atoms with Crippen LogP contribution >= 0.6 is 0 Å². The van der Waals surface area contributed by atoms with Gasteiger partial charge in [-0.1, -0.05) is 11.8 Å². The second-order valence-electron chi connectivity index (χ2n) is 7.40. The fourth-order valence-corrected chi connectivity index (χ4v) is 3.46. The highest BCUT2D eigenvalue weighted by Crippen LogP contribution is 2.29. The zero-order chi connectivity index (χ0) is 21.3. The number of nitrogens with one attached hydrogen (secondary N) is 2. The Hall–Kier alpha value is -2.89. The van der Waals surface area contributed by atoms with Crippen LogP contribution in [0.4, 0.5) is 11.8 Å². The van der Waals surface area contributed by atoms with Crippen LogP contribution in [0.2, 0.25) is 0 Å². The van der Waals surface area contributed by atoms with Crippen molar-refractivity contribution in [3.63, 3.8) is 0 Å². The second-order valence-corrected chi connectivity index (χ2v) is 7.40. The summed E-state index contributed by atoms with van der Waals surface area (Å²) in [5.41, 5.74) is 2.28. The molecular formula is C22H29N5O3. The van der Waals surface area contributed by atoms with Gasteiger partial charge < -0.3 is 25.6 Å². The van der Waals surface area contributed by atoms with Gasteiger partial charge in [-0.25, -0.2) is 9.97 Å². The highest BCUT2D eigenvalue weighted by molar-refractivity contribution is 5.60. The number of methoxy groups -OCH3 is 1. The third-order valence-electron chi connectivity index (χ3n) is 5.13. The first-order chi connectivity index (χ1) is 14.6. The summed E-state index contributed by atoms with van der Waals surface area (Å²) in [6.07, 6.45) is 5.18. The zero-order valence-corrected chi connectivity index (χ0v) is 17.5. The fraction of sp³-hybridized carbons (Fsp3) is 0.500. The van der Waals surface area contributed by atoms with E-state index in [1.165, 1.54) is 0 Å². The molecule has 0 aromatic carbocycles. The van der Waals surface area contributed by atoms with Crippen molar-refractivity contribution in [3.05, 3.63) is 35.2 Å². The van der Waals surface area contributed by atoms with Gasteiger partial charge in [-0.2, -0.15) is 4.98 Å². The topological polar surface area (TPSA) is 112 Å². The summed E-state index contributed by atoms with van der Waals surface area (Å²) in [6.45, 7) is 2.83. The van der Waals surface area contributed by atoms with Crippen LogP contribution in [-0.4, -0.2) is 58.1 Å². The Morgan fingerprint density at radius 2 is 2.07 bits per heavy atom. The Morgan fingerprint density at radius 3 is 2.73 bits per heavy atom. The van der Waals surface area contributed by atoms with Crippen molar-refractivity contribution in [1.29, 1.82) is 0 Å². The van der Waals surface area contributed by atoms with Crippen molar-refractivity contribution in [3.8, 4) is 17.7 Å². The Balaban J connectivity index is 1.86. The third kappa shape index (κ3) is 5.81. The predicted octanol–water partition coefficient (Wildman–Crippen LogP) is 1.96. The maximum Gasteiger partial charge on any atom is 0.224 e. The molecule has 1 unspecified atom stereocenters. The molecule has 0 radical (unpaired) electrons. The molecule has 8 heteroatoms. The number of aromatic nitrogens is 3. The lowest BCUT2D eigenvalue weighted by molar-refractivity contribution is 0.229. The van der Waals surface area contributed by atoms with Crippen LogP contribution in [0.25, 0.3) is 0 Å². The molecule has 0 spiro atoms. The molecular weight excluding hydrogens is 382 g/mol. The highest BCUT2D eigenvalue weighted by atomic mass is 16.5. The fourth-order valence-electron chi connectivity index (χ4n) is 3.46. The van der Waals surface area contributed by atoms with E-state index in [1.807, 2.05) is 13.0 Å². The number of pyridine rings is 1. The number of aryl methyl sites for hydroxylation is 1. The van der Waals surface area contributed by atoms with Crippen LogP contribution < -0.4 is 15.4 Å². The van der Waals surface area contributed by atoms with E-state index in [4.69, 9.17) is 9.84 Å². The molecule has 1 fully saturated rings. The van der Waals surface area contributed by atoms with Crippen molar-refractivity contribution >= 4 is 11.8 Å². The molecule has 160 valence electrons. The lowest BCUT2D eigenvalue weighted by atomic mass is 10.1. The van der Waals surface area contributed by atoms with Gasteiger partial charge in [0.25, 0.3) is 0 Å². The van der Waals surface area contributed by atoms with E-state index in [2.05, 4.69) is 37.4 Å². The molecule has 1 aliphatic rings. The minimum atomic E-state index is 0.112. The molecule has 30 heavy (non-hydrogen) atoms. The van der Waals surface area contributed by atoms with Gasteiger partial charge in [0, 0.05) is 43.6 Å². The van der Waals surface area contributed by atoms with Crippen molar-refractivity contribution in [2.24, 2.45) is 5.92 Å². The summed E-state index contributed by atoms with van der Waals surface area (Å²) in [5.74, 6) is 8.39. The first-order valence-electron chi connectivity index (χ1n) is 10.3. The smallest absolute Gasteiger partial charge is 0.224 e. The van der Waals surface area contributed by atoms with Crippen LogP contribution in [-0.2, 0) is 0 Å². The first kappa shape index (κ1) is 21.8. The normalized spacial score (nSPS) is 17.9. The van der Waals surface area contributed by atoms with Crippen molar-refractivity contribution in [1.82, 2.24) is 15.0 Å². The molecule has 0 saturated heterocycles. The molecule has 2 atom stereocenters. The van der Waals surface area contributed by atoms with Crippen molar-refractivity contribution in [2.45, 2.75) is 38.6 Å². The van der Waals surface area contributed by atoms with Gasteiger partial charge >= 0.3 is 0 Å². The first-order valence-corrected chi connectivity index (χ1v) is 10.3. The van der Waals surface area contributed by atoms with Crippen LogP contribution in [0.1, 0.15) is 42.5 Å². The average molecular weight is 412 g/mol. The predicted molar refractivity (Wildman–Crippen MR) is 116 cm³/mol. The molecule has 8 nitrogen and oxygen atoms in total. The Kier molecular flexibility index (Phi) is 7.82. The summed E-state index contributed by atoms with van der Waals surface area (Å²) >= 11 is 0. The number of anilines is 2. The van der Waals surface area contributed by atoms with E-state index in [9.17, 15) is 5.11 Å². The molecule has 1 aliphatic carbocycles. The number of nitrogens with zero attached hydrogens (tertiary/aromatic N) is 3. The maximum absolute atomic E-state index is 9.44. The van der Waals surface area contributed by atoms with Gasteiger partial charge in [0.1, 0.15) is 5.82 Å². The van der Waals surface area contributed by atoms with Crippen molar-refractivity contribution in [2.75, 3.05) is 37.5 Å². The van der Waals surface area contributed by atoms with Crippen LogP contribution in [0.5, 0.6) is 5.88 Å².